The highest BCUT2D eigenvalue weighted by atomic mass is 35.5. The predicted molar refractivity (Wildman–Crippen MR) is 89.6 cm³/mol. The van der Waals surface area contributed by atoms with Gasteiger partial charge in [0, 0.05) is 13.1 Å². The Morgan fingerprint density at radius 2 is 1.81 bits per heavy atom. The van der Waals surface area contributed by atoms with Crippen LogP contribution in [0.2, 0.25) is 0 Å². The molecule has 3 nitrogen and oxygen atoms in total. The minimum Gasteiger partial charge on any atom is -0.352 e. The van der Waals surface area contributed by atoms with E-state index < -0.39 is 0 Å². The molecular weight excluding hydrogens is 284 g/mol. The fourth-order valence-corrected chi connectivity index (χ4v) is 2.97. The van der Waals surface area contributed by atoms with Crippen LogP contribution < -0.4 is 11.1 Å². The van der Waals surface area contributed by atoms with Gasteiger partial charge in [-0.2, -0.15) is 0 Å². The molecule has 1 saturated carbocycles. The molecule has 1 fully saturated rings. The van der Waals surface area contributed by atoms with Crippen LogP contribution >= 0.6 is 12.4 Å². The van der Waals surface area contributed by atoms with Gasteiger partial charge in [0.25, 0.3) is 0 Å². The van der Waals surface area contributed by atoms with E-state index in [1.54, 1.807) is 0 Å². The Kier molecular flexibility index (Phi) is 6.69. The third kappa shape index (κ3) is 4.21. The molecule has 0 spiro atoms. The molecule has 0 aliphatic heterocycles. The minimum absolute atomic E-state index is 0. The van der Waals surface area contributed by atoms with Crippen molar-refractivity contribution in [2.45, 2.75) is 52.0 Å². The maximum Gasteiger partial charge on any atom is 0.227 e. The number of carbonyl (C=O) groups excluding carboxylic acids is 1. The summed E-state index contributed by atoms with van der Waals surface area (Å²) in [4.78, 5) is 12.4. The number of amides is 1. The van der Waals surface area contributed by atoms with E-state index in [2.05, 4.69) is 43.4 Å². The van der Waals surface area contributed by atoms with Gasteiger partial charge >= 0.3 is 0 Å². The van der Waals surface area contributed by atoms with E-state index in [4.69, 9.17) is 5.73 Å². The summed E-state index contributed by atoms with van der Waals surface area (Å²) in [6.07, 6.45) is 4.10. The van der Waals surface area contributed by atoms with Gasteiger partial charge in [0.1, 0.15) is 0 Å². The first-order valence-corrected chi connectivity index (χ1v) is 7.64. The van der Waals surface area contributed by atoms with Crippen molar-refractivity contribution in [2.24, 2.45) is 11.1 Å². The van der Waals surface area contributed by atoms with E-state index in [1.165, 1.54) is 5.56 Å². The average molecular weight is 311 g/mol. The summed E-state index contributed by atoms with van der Waals surface area (Å²) in [5.74, 6) is 0.670. The van der Waals surface area contributed by atoms with Crippen LogP contribution in [0, 0.1) is 5.41 Å². The van der Waals surface area contributed by atoms with Crippen LogP contribution in [-0.2, 0) is 11.3 Å². The van der Waals surface area contributed by atoms with Gasteiger partial charge in [-0.3, -0.25) is 4.79 Å². The smallest absolute Gasteiger partial charge is 0.227 e. The molecule has 1 aromatic carbocycles. The fourth-order valence-electron chi connectivity index (χ4n) is 2.97. The topological polar surface area (TPSA) is 55.1 Å². The summed E-state index contributed by atoms with van der Waals surface area (Å²) in [5, 5.41) is 3.06. The zero-order valence-corrected chi connectivity index (χ0v) is 13.8. The summed E-state index contributed by atoms with van der Waals surface area (Å²) in [6.45, 7) is 5.42. The molecule has 4 heteroatoms. The first kappa shape index (κ1) is 18.0. The van der Waals surface area contributed by atoms with Crippen molar-refractivity contribution in [3.63, 3.8) is 0 Å². The molecule has 1 aliphatic carbocycles. The Hall–Kier alpha value is -1.06. The molecule has 0 aromatic heterocycles. The lowest BCUT2D eigenvalue weighted by molar-refractivity contribution is -0.130. The van der Waals surface area contributed by atoms with E-state index in [-0.39, 0.29) is 23.7 Å². The number of hydrogen-bond acceptors (Lipinski definition) is 2. The molecule has 1 aromatic rings. The third-order valence-electron chi connectivity index (χ3n) is 4.53. The SMILES string of the molecule is CC(C)c1ccc(CNC(=O)C2(CN)CCCC2)cc1.Cl. The average Bonchev–Trinajstić information content (AvgIpc) is 2.95. The number of halogens is 1. The van der Waals surface area contributed by atoms with Gasteiger partial charge in [0.2, 0.25) is 5.91 Å². The maximum absolute atomic E-state index is 12.4. The minimum atomic E-state index is -0.308. The number of nitrogens with two attached hydrogens (primary N) is 1. The summed E-state index contributed by atoms with van der Waals surface area (Å²) in [6, 6.07) is 8.47. The summed E-state index contributed by atoms with van der Waals surface area (Å²) in [5.41, 5.74) is 8.00. The molecule has 21 heavy (non-hydrogen) atoms. The maximum atomic E-state index is 12.4. The quantitative estimate of drug-likeness (QED) is 0.876. The standard InChI is InChI=1S/C17H26N2O.ClH/c1-13(2)15-7-5-14(6-8-15)11-19-16(20)17(12-18)9-3-4-10-17;/h5-8,13H,3-4,9-12,18H2,1-2H3,(H,19,20);1H. The summed E-state index contributed by atoms with van der Waals surface area (Å²) < 4.78 is 0. The van der Waals surface area contributed by atoms with Gasteiger partial charge in [0.15, 0.2) is 0 Å². The number of carbonyl (C=O) groups is 1. The lowest BCUT2D eigenvalue weighted by Gasteiger charge is -2.25. The number of hydrogen-bond donors (Lipinski definition) is 2. The highest BCUT2D eigenvalue weighted by Crippen LogP contribution is 2.37. The van der Waals surface area contributed by atoms with Crippen LogP contribution in [0.3, 0.4) is 0 Å². The van der Waals surface area contributed by atoms with Gasteiger partial charge < -0.3 is 11.1 Å². The van der Waals surface area contributed by atoms with E-state index in [1.807, 2.05) is 0 Å². The molecule has 1 aliphatic rings. The summed E-state index contributed by atoms with van der Waals surface area (Å²) in [7, 11) is 0. The molecule has 0 heterocycles. The van der Waals surface area contributed by atoms with Crippen molar-refractivity contribution in [1.82, 2.24) is 5.32 Å². The lowest BCUT2D eigenvalue weighted by Crippen LogP contribution is -2.43. The zero-order chi connectivity index (χ0) is 14.6. The second kappa shape index (κ2) is 7.81. The van der Waals surface area contributed by atoms with Crippen molar-refractivity contribution in [2.75, 3.05) is 6.54 Å². The fraction of sp³-hybridized carbons (Fsp3) is 0.588. The van der Waals surface area contributed by atoms with E-state index in [9.17, 15) is 4.79 Å². The molecule has 118 valence electrons. The second-order valence-electron chi connectivity index (χ2n) is 6.27. The van der Waals surface area contributed by atoms with Crippen LogP contribution in [0.1, 0.15) is 56.6 Å². The number of nitrogens with one attached hydrogen (secondary N) is 1. The Balaban J connectivity index is 0.00000220. The molecule has 2 rings (SSSR count). The molecule has 0 radical (unpaired) electrons. The number of benzene rings is 1. The lowest BCUT2D eigenvalue weighted by atomic mass is 9.85. The molecule has 0 unspecified atom stereocenters. The van der Waals surface area contributed by atoms with Crippen molar-refractivity contribution in [3.05, 3.63) is 35.4 Å². The number of rotatable bonds is 5. The molecule has 0 atom stereocenters. The molecular formula is C17H27ClN2O. The van der Waals surface area contributed by atoms with Crippen LogP contribution in [0.15, 0.2) is 24.3 Å². The Labute approximate surface area is 134 Å². The van der Waals surface area contributed by atoms with E-state index >= 15 is 0 Å². The van der Waals surface area contributed by atoms with Crippen molar-refractivity contribution < 1.29 is 4.79 Å². The molecule has 1 amide bonds. The Bertz CT molecular complexity index is 450. The van der Waals surface area contributed by atoms with Crippen molar-refractivity contribution in [3.8, 4) is 0 Å². The van der Waals surface area contributed by atoms with Crippen molar-refractivity contribution in [1.29, 1.82) is 0 Å². The molecule has 0 bridgehead atoms. The Morgan fingerprint density at radius 3 is 2.29 bits per heavy atom. The van der Waals surface area contributed by atoms with Crippen LogP contribution in [-0.4, -0.2) is 12.5 Å². The van der Waals surface area contributed by atoms with Crippen LogP contribution in [0.4, 0.5) is 0 Å². The van der Waals surface area contributed by atoms with E-state index in [0.29, 0.717) is 19.0 Å². The van der Waals surface area contributed by atoms with Crippen molar-refractivity contribution >= 4 is 18.3 Å². The zero-order valence-electron chi connectivity index (χ0n) is 13.0. The second-order valence-corrected chi connectivity index (χ2v) is 6.27. The first-order chi connectivity index (χ1) is 9.57. The normalized spacial score (nSPS) is 16.6. The summed E-state index contributed by atoms with van der Waals surface area (Å²) >= 11 is 0. The van der Waals surface area contributed by atoms with Gasteiger partial charge in [-0.25, -0.2) is 0 Å². The van der Waals surface area contributed by atoms with Crippen LogP contribution in [0.25, 0.3) is 0 Å². The molecule has 0 saturated heterocycles. The highest BCUT2D eigenvalue weighted by molar-refractivity contribution is 5.85. The Morgan fingerprint density at radius 1 is 1.24 bits per heavy atom. The molecule has 3 N–H and O–H groups in total. The van der Waals surface area contributed by atoms with Gasteiger partial charge in [-0.1, -0.05) is 51.0 Å². The van der Waals surface area contributed by atoms with Gasteiger partial charge in [0.05, 0.1) is 5.41 Å². The highest BCUT2D eigenvalue weighted by Gasteiger charge is 2.39. The first-order valence-electron chi connectivity index (χ1n) is 7.64. The third-order valence-corrected chi connectivity index (χ3v) is 4.53. The van der Waals surface area contributed by atoms with Gasteiger partial charge in [-0.15, -0.1) is 12.4 Å². The van der Waals surface area contributed by atoms with Gasteiger partial charge in [-0.05, 0) is 29.9 Å². The monoisotopic (exact) mass is 310 g/mol. The van der Waals surface area contributed by atoms with E-state index in [0.717, 1.165) is 31.2 Å². The van der Waals surface area contributed by atoms with Crippen LogP contribution in [0.5, 0.6) is 0 Å². The largest absolute Gasteiger partial charge is 0.352 e. The predicted octanol–water partition coefficient (Wildman–Crippen LogP) is 3.37.